The maximum Gasteiger partial charge on any atom is 0.160 e. The molecule has 3 rings (SSSR count). The number of phenolic OH excluding ortho intramolecular Hbond substituents is 2. The van der Waals surface area contributed by atoms with Gasteiger partial charge in [-0.2, -0.15) is 0 Å². The van der Waals surface area contributed by atoms with Crippen molar-refractivity contribution in [3.05, 3.63) is 47.5 Å². The van der Waals surface area contributed by atoms with Gasteiger partial charge in [0.2, 0.25) is 0 Å². The number of phenols is 2. The molecule has 1 heterocycles. The summed E-state index contributed by atoms with van der Waals surface area (Å²) < 4.78 is 11.1. The van der Waals surface area contributed by atoms with Gasteiger partial charge in [0, 0.05) is 11.5 Å². The quantitative estimate of drug-likeness (QED) is 0.880. The summed E-state index contributed by atoms with van der Waals surface area (Å²) >= 11 is 0. The lowest BCUT2D eigenvalue weighted by Crippen LogP contribution is -2.07. The van der Waals surface area contributed by atoms with Gasteiger partial charge in [-0.1, -0.05) is 13.0 Å². The van der Waals surface area contributed by atoms with Crippen molar-refractivity contribution in [1.82, 2.24) is 0 Å². The van der Waals surface area contributed by atoms with Crippen LogP contribution in [-0.4, -0.2) is 17.3 Å². The van der Waals surface area contributed by atoms with E-state index in [2.05, 4.69) is 6.92 Å². The van der Waals surface area contributed by atoms with Crippen molar-refractivity contribution in [2.45, 2.75) is 18.9 Å². The van der Waals surface area contributed by atoms with E-state index in [-0.39, 0.29) is 23.5 Å². The first kappa shape index (κ1) is 12.7. The van der Waals surface area contributed by atoms with Crippen LogP contribution in [0.5, 0.6) is 23.0 Å². The highest BCUT2D eigenvalue weighted by molar-refractivity contribution is 5.49. The molecule has 104 valence electrons. The molecule has 1 aliphatic heterocycles. The fraction of sp³-hybridized carbons (Fsp3) is 0.250. The molecule has 0 aliphatic carbocycles. The molecule has 4 nitrogen and oxygen atoms in total. The highest BCUT2D eigenvalue weighted by atomic mass is 16.5. The summed E-state index contributed by atoms with van der Waals surface area (Å²) in [6.07, 6.45) is -0.152. The van der Waals surface area contributed by atoms with E-state index in [1.807, 2.05) is 6.07 Å². The molecular formula is C16H16O4. The first-order valence-electron chi connectivity index (χ1n) is 6.46. The molecule has 0 fully saturated rings. The van der Waals surface area contributed by atoms with E-state index in [0.717, 1.165) is 16.9 Å². The first-order valence-corrected chi connectivity index (χ1v) is 6.46. The van der Waals surface area contributed by atoms with Crippen LogP contribution in [0.25, 0.3) is 0 Å². The Morgan fingerprint density at radius 3 is 2.65 bits per heavy atom. The third-order valence-corrected chi connectivity index (χ3v) is 3.72. The molecule has 2 aromatic rings. The molecule has 0 spiro atoms. The zero-order chi connectivity index (χ0) is 14.3. The van der Waals surface area contributed by atoms with Crippen LogP contribution in [0.2, 0.25) is 0 Å². The number of aromatic hydroxyl groups is 2. The molecule has 0 unspecified atom stereocenters. The predicted molar refractivity (Wildman–Crippen MR) is 74.5 cm³/mol. The van der Waals surface area contributed by atoms with Gasteiger partial charge in [0.05, 0.1) is 7.11 Å². The zero-order valence-electron chi connectivity index (χ0n) is 11.3. The van der Waals surface area contributed by atoms with Gasteiger partial charge in [-0.25, -0.2) is 0 Å². The second-order valence-electron chi connectivity index (χ2n) is 4.98. The van der Waals surface area contributed by atoms with Crippen LogP contribution >= 0.6 is 0 Å². The Balaban J connectivity index is 1.97. The number of hydrogen-bond acceptors (Lipinski definition) is 4. The van der Waals surface area contributed by atoms with E-state index >= 15 is 0 Å². The average Bonchev–Trinajstić information content (AvgIpc) is 2.77. The summed E-state index contributed by atoms with van der Waals surface area (Å²) in [6.45, 7) is 2.05. The van der Waals surface area contributed by atoms with Crippen molar-refractivity contribution in [2.75, 3.05) is 7.11 Å². The molecule has 20 heavy (non-hydrogen) atoms. The Bertz CT molecular complexity index is 651. The summed E-state index contributed by atoms with van der Waals surface area (Å²) in [7, 11) is 1.52. The van der Waals surface area contributed by atoms with Crippen LogP contribution < -0.4 is 9.47 Å². The predicted octanol–water partition coefficient (Wildman–Crippen LogP) is 3.34. The molecule has 0 amide bonds. The Kier molecular flexibility index (Phi) is 2.93. The highest BCUT2D eigenvalue weighted by Gasteiger charge is 2.32. The van der Waals surface area contributed by atoms with Gasteiger partial charge in [-0.3, -0.25) is 0 Å². The summed E-state index contributed by atoms with van der Waals surface area (Å²) in [5, 5.41) is 19.2. The van der Waals surface area contributed by atoms with Gasteiger partial charge in [0.15, 0.2) is 11.5 Å². The van der Waals surface area contributed by atoms with Crippen molar-refractivity contribution in [2.24, 2.45) is 0 Å². The van der Waals surface area contributed by atoms with Crippen molar-refractivity contribution in [3.63, 3.8) is 0 Å². The number of methoxy groups -OCH3 is 1. The second-order valence-corrected chi connectivity index (χ2v) is 4.98. The molecule has 2 N–H and O–H groups in total. The number of rotatable bonds is 2. The number of hydrogen-bond donors (Lipinski definition) is 2. The Morgan fingerprint density at radius 2 is 1.90 bits per heavy atom. The Labute approximate surface area is 117 Å². The van der Waals surface area contributed by atoms with Crippen molar-refractivity contribution >= 4 is 0 Å². The van der Waals surface area contributed by atoms with E-state index in [0.29, 0.717) is 5.75 Å². The van der Waals surface area contributed by atoms with E-state index in [1.165, 1.54) is 7.11 Å². The fourth-order valence-electron chi connectivity index (χ4n) is 2.63. The highest BCUT2D eigenvalue weighted by Crippen LogP contribution is 2.47. The second kappa shape index (κ2) is 4.63. The summed E-state index contributed by atoms with van der Waals surface area (Å²) in [5.74, 6) is 1.68. The van der Waals surface area contributed by atoms with Crippen LogP contribution in [0.3, 0.4) is 0 Å². The number of fused-ring (bicyclic) bond motifs is 1. The molecule has 0 saturated heterocycles. The monoisotopic (exact) mass is 272 g/mol. The molecule has 0 bridgehead atoms. The third kappa shape index (κ3) is 1.93. The summed E-state index contributed by atoms with van der Waals surface area (Å²) in [4.78, 5) is 0. The van der Waals surface area contributed by atoms with Gasteiger partial charge in [0.1, 0.15) is 17.6 Å². The van der Waals surface area contributed by atoms with Gasteiger partial charge in [-0.05, 0) is 35.9 Å². The Hall–Kier alpha value is -2.36. The summed E-state index contributed by atoms with van der Waals surface area (Å²) in [5.41, 5.74) is 1.92. The van der Waals surface area contributed by atoms with Gasteiger partial charge >= 0.3 is 0 Å². The van der Waals surface area contributed by atoms with E-state index in [1.54, 1.807) is 30.3 Å². The minimum Gasteiger partial charge on any atom is -0.508 e. The molecule has 2 atom stereocenters. The Morgan fingerprint density at radius 1 is 1.10 bits per heavy atom. The van der Waals surface area contributed by atoms with Crippen LogP contribution in [-0.2, 0) is 0 Å². The zero-order valence-corrected chi connectivity index (χ0v) is 11.3. The molecular weight excluding hydrogens is 256 g/mol. The standard InChI is InChI=1S/C16H16O4/c1-9-12-8-11(17)4-6-14(12)20-16(9)10-3-5-13(18)15(7-10)19-2/h3-9,16-18H,1-2H3/t9-,16-/m1/s1. The van der Waals surface area contributed by atoms with E-state index in [4.69, 9.17) is 9.47 Å². The van der Waals surface area contributed by atoms with Crippen LogP contribution in [0.4, 0.5) is 0 Å². The topological polar surface area (TPSA) is 58.9 Å². The van der Waals surface area contributed by atoms with Crippen LogP contribution in [0.15, 0.2) is 36.4 Å². The maximum absolute atomic E-state index is 9.65. The van der Waals surface area contributed by atoms with Crippen molar-refractivity contribution < 1.29 is 19.7 Å². The molecule has 0 saturated carbocycles. The lowest BCUT2D eigenvalue weighted by atomic mass is 9.92. The molecule has 1 aliphatic rings. The minimum atomic E-state index is -0.152. The van der Waals surface area contributed by atoms with E-state index < -0.39 is 0 Å². The van der Waals surface area contributed by atoms with E-state index in [9.17, 15) is 10.2 Å². The van der Waals surface area contributed by atoms with Crippen LogP contribution in [0.1, 0.15) is 30.1 Å². The van der Waals surface area contributed by atoms with Gasteiger partial charge < -0.3 is 19.7 Å². The van der Waals surface area contributed by atoms with Crippen molar-refractivity contribution in [1.29, 1.82) is 0 Å². The van der Waals surface area contributed by atoms with Gasteiger partial charge in [0.25, 0.3) is 0 Å². The number of benzene rings is 2. The third-order valence-electron chi connectivity index (χ3n) is 3.72. The smallest absolute Gasteiger partial charge is 0.160 e. The number of ether oxygens (including phenoxy) is 2. The molecule has 2 aromatic carbocycles. The molecule has 4 heteroatoms. The largest absolute Gasteiger partial charge is 0.508 e. The SMILES string of the molecule is COc1cc([C@@H]2Oc3ccc(O)cc3[C@H]2C)ccc1O. The lowest BCUT2D eigenvalue weighted by molar-refractivity contribution is 0.215. The normalized spacial score (nSPS) is 20.3. The average molecular weight is 272 g/mol. The van der Waals surface area contributed by atoms with Crippen molar-refractivity contribution in [3.8, 4) is 23.0 Å². The van der Waals surface area contributed by atoms with Gasteiger partial charge in [-0.15, -0.1) is 0 Å². The molecule has 0 radical (unpaired) electrons. The van der Waals surface area contributed by atoms with Crippen LogP contribution in [0, 0.1) is 0 Å². The lowest BCUT2D eigenvalue weighted by Gasteiger charge is -2.17. The molecule has 0 aromatic heterocycles. The fourth-order valence-corrected chi connectivity index (χ4v) is 2.63. The minimum absolute atomic E-state index is 0.108. The maximum atomic E-state index is 9.65. The first-order chi connectivity index (χ1) is 9.60. The summed E-state index contributed by atoms with van der Waals surface area (Å²) in [6, 6.07) is 10.3.